The zero-order chi connectivity index (χ0) is 13.8. The number of nitrogen functional groups attached to an aromatic ring is 1. The predicted molar refractivity (Wildman–Crippen MR) is 75.9 cm³/mol. The van der Waals surface area contributed by atoms with Crippen molar-refractivity contribution in [2.75, 3.05) is 0 Å². The van der Waals surface area contributed by atoms with Gasteiger partial charge in [0.25, 0.3) is 0 Å². The molecular formula is C15H17N3O. The van der Waals surface area contributed by atoms with E-state index in [1.165, 1.54) is 5.56 Å². The summed E-state index contributed by atoms with van der Waals surface area (Å²) in [6.45, 7) is 3.98. The maximum Gasteiger partial charge on any atom is 0.230 e. The topological polar surface area (TPSA) is 72.0 Å². The van der Waals surface area contributed by atoms with Gasteiger partial charge in [-0.15, -0.1) is 0 Å². The van der Waals surface area contributed by atoms with Gasteiger partial charge in [-0.05, 0) is 42.7 Å². The molecule has 2 rings (SSSR count). The van der Waals surface area contributed by atoms with E-state index >= 15 is 0 Å². The van der Waals surface area contributed by atoms with Gasteiger partial charge in [-0.25, -0.2) is 4.98 Å². The first-order valence-electron chi connectivity index (χ1n) is 6.18. The number of hydrogen-bond acceptors (Lipinski definition) is 3. The Morgan fingerprint density at radius 3 is 2.53 bits per heavy atom. The van der Waals surface area contributed by atoms with Crippen molar-refractivity contribution in [1.29, 1.82) is 5.41 Å². The van der Waals surface area contributed by atoms with E-state index in [2.05, 4.69) is 11.9 Å². The van der Waals surface area contributed by atoms with Crippen LogP contribution in [0.25, 0.3) is 0 Å². The molecule has 4 heteroatoms. The number of rotatable bonds is 4. The summed E-state index contributed by atoms with van der Waals surface area (Å²) in [5, 5.41) is 7.60. The van der Waals surface area contributed by atoms with E-state index in [0.29, 0.717) is 17.2 Å². The molecule has 98 valence electrons. The van der Waals surface area contributed by atoms with Crippen molar-refractivity contribution in [3.8, 4) is 11.6 Å². The minimum Gasteiger partial charge on any atom is -0.438 e. The van der Waals surface area contributed by atoms with Gasteiger partial charge >= 0.3 is 0 Å². The summed E-state index contributed by atoms with van der Waals surface area (Å²) in [7, 11) is 0. The van der Waals surface area contributed by atoms with Crippen molar-refractivity contribution in [3.05, 3.63) is 53.2 Å². The Morgan fingerprint density at radius 2 is 1.95 bits per heavy atom. The molecule has 0 spiro atoms. The highest BCUT2D eigenvalue weighted by molar-refractivity contribution is 5.98. The lowest BCUT2D eigenvalue weighted by molar-refractivity contribution is 0.461. The number of nitrogens with two attached hydrogens (primary N) is 1. The summed E-state index contributed by atoms with van der Waals surface area (Å²) in [4.78, 5) is 4.16. The third kappa shape index (κ3) is 2.91. The first-order chi connectivity index (χ1) is 9.11. The quantitative estimate of drug-likeness (QED) is 0.651. The second kappa shape index (κ2) is 5.52. The zero-order valence-electron chi connectivity index (χ0n) is 11.1. The molecule has 0 saturated heterocycles. The van der Waals surface area contributed by atoms with Gasteiger partial charge in [0.15, 0.2) is 0 Å². The third-order valence-corrected chi connectivity index (χ3v) is 2.94. The first kappa shape index (κ1) is 13.1. The normalized spacial score (nSPS) is 10.2. The molecule has 0 aliphatic carbocycles. The number of ether oxygens (including phenoxy) is 1. The fourth-order valence-corrected chi connectivity index (χ4v) is 1.84. The highest BCUT2D eigenvalue weighted by Gasteiger charge is 2.12. The van der Waals surface area contributed by atoms with Crippen LogP contribution in [0.1, 0.15) is 23.6 Å². The van der Waals surface area contributed by atoms with Gasteiger partial charge in [-0.1, -0.05) is 19.1 Å². The summed E-state index contributed by atoms with van der Waals surface area (Å²) < 4.78 is 5.72. The van der Waals surface area contributed by atoms with E-state index in [-0.39, 0.29) is 5.84 Å². The maximum atomic E-state index is 7.60. The highest BCUT2D eigenvalue weighted by Crippen LogP contribution is 2.25. The van der Waals surface area contributed by atoms with Gasteiger partial charge in [-0.2, -0.15) is 0 Å². The van der Waals surface area contributed by atoms with Crippen LogP contribution in [0.3, 0.4) is 0 Å². The van der Waals surface area contributed by atoms with Crippen molar-refractivity contribution in [2.45, 2.75) is 20.3 Å². The molecule has 0 atom stereocenters. The van der Waals surface area contributed by atoms with Crippen LogP contribution >= 0.6 is 0 Å². The van der Waals surface area contributed by atoms with Crippen LogP contribution < -0.4 is 10.5 Å². The molecule has 1 heterocycles. The molecule has 19 heavy (non-hydrogen) atoms. The van der Waals surface area contributed by atoms with Crippen LogP contribution in [-0.2, 0) is 6.42 Å². The Labute approximate surface area is 112 Å². The summed E-state index contributed by atoms with van der Waals surface area (Å²) >= 11 is 0. The Hall–Kier alpha value is -2.36. The van der Waals surface area contributed by atoms with Crippen LogP contribution in [0.2, 0.25) is 0 Å². The number of hydrogen-bond donors (Lipinski definition) is 2. The van der Waals surface area contributed by atoms with Crippen molar-refractivity contribution in [1.82, 2.24) is 4.98 Å². The van der Waals surface area contributed by atoms with Gasteiger partial charge in [-0.3, -0.25) is 5.41 Å². The number of aryl methyl sites for hydroxylation is 2. The van der Waals surface area contributed by atoms with Gasteiger partial charge in [0.05, 0.1) is 5.56 Å². The largest absolute Gasteiger partial charge is 0.438 e. The average molecular weight is 255 g/mol. The average Bonchev–Trinajstić information content (AvgIpc) is 2.39. The summed E-state index contributed by atoms with van der Waals surface area (Å²) in [5.74, 6) is 1.03. The van der Waals surface area contributed by atoms with Gasteiger partial charge in [0, 0.05) is 6.20 Å². The molecule has 0 saturated carbocycles. The Balaban J connectivity index is 2.32. The van der Waals surface area contributed by atoms with Crippen LogP contribution in [-0.4, -0.2) is 10.8 Å². The lowest BCUT2D eigenvalue weighted by Gasteiger charge is -2.11. The molecule has 2 aromatic rings. The van der Waals surface area contributed by atoms with E-state index in [9.17, 15) is 0 Å². The number of amidine groups is 1. The Bertz CT molecular complexity index is 591. The first-order valence-corrected chi connectivity index (χ1v) is 6.18. The summed E-state index contributed by atoms with van der Waals surface area (Å²) in [6, 6.07) is 9.63. The molecule has 0 unspecified atom stereocenters. The molecule has 1 aromatic carbocycles. The predicted octanol–water partition coefficient (Wildman–Crippen LogP) is 3.03. The van der Waals surface area contributed by atoms with Gasteiger partial charge in [0.2, 0.25) is 5.88 Å². The molecule has 0 aliphatic rings. The molecular weight excluding hydrogens is 238 g/mol. The molecule has 0 amide bonds. The highest BCUT2D eigenvalue weighted by atomic mass is 16.5. The van der Waals surface area contributed by atoms with Crippen molar-refractivity contribution < 1.29 is 4.74 Å². The zero-order valence-corrected chi connectivity index (χ0v) is 11.1. The number of pyridine rings is 1. The van der Waals surface area contributed by atoms with E-state index in [1.807, 2.05) is 37.3 Å². The standard InChI is InChI=1S/C15H17N3O/c1-3-11-4-6-12(7-5-11)19-15-13(14(16)17)10(2)8-9-18-15/h4-9H,3H2,1-2H3,(H3,16,17). The molecule has 0 aliphatic heterocycles. The maximum absolute atomic E-state index is 7.60. The van der Waals surface area contributed by atoms with E-state index in [1.54, 1.807) is 6.20 Å². The summed E-state index contributed by atoms with van der Waals surface area (Å²) in [6.07, 6.45) is 2.64. The number of benzene rings is 1. The molecule has 0 bridgehead atoms. The fourth-order valence-electron chi connectivity index (χ4n) is 1.84. The Morgan fingerprint density at radius 1 is 1.26 bits per heavy atom. The van der Waals surface area contributed by atoms with Crippen molar-refractivity contribution in [2.24, 2.45) is 5.73 Å². The second-order valence-corrected chi connectivity index (χ2v) is 4.32. The lowest BCUT2D eigenvalue weighted by Crippen LogP contribution is -2.14. The Kier molecular flexibility index (Phi) is 3.80. The molecule has 3 N–H and O–H groups in total. The third-order valence-electron chi connectivity index (χ3n) is 2.94. The van der Waals surface area contributed by atoms with Crippen LogP contribution in [0.15, 0.2) is 36.5 Å². The van der Waals surface area contributed by atoms with Crippen LogP contribution in [0.5, 0.6) is 11.6 Å². The van der Waals surface area contributed by atoms with Crippen LogP contribution in [0, 0.1) is 12.3 Å². The van der Waals surface area contributed by atoms with Gasteiger partial charge in [0.1, 0.15) is 11.6 Å². The molecule has 0 fully saturated rings. The minimum absolute atomic E-state index is 0.0363. The monoisotopic (exact) mass is 255 g/mol. The van der Waals surface area contributed by atoms with Crippen molar-refractivity contribution in [3.63, 3.8) is 0 Å². The van der Waals surface area contributed by atoms with Gasteiger partial charge < -0.3 is 10.5 Å². The molecule has 4 nitrogen and oxygen atoms in total. The summed E-state index contributed by atoms with van der Waals surface area (Å²) in [5.41, 5.74) is 8.25. The van der Waals surface area contributed by atoms with E-state index < -0.39 is 0 Å². The van der Waals surface area contributed by atoms with E-state index in [0.717, 1.165) is 12.0 Å². The minimum atomic E-state index is -0.0363. The smallest absolute Gasteiger partial charge is 0.230 e. The molecule has 0 radical (unpaired) electrons. The number of nitrogens with zero attached hydrogens (tertiary/aromatic N) is 1. The van der Waals surface area contributed by atoms with Crippen molar-refractivity contribution >= 4 is 5.84 Å². The lowest BCUT2D eigenvalue weighted by atomic mass is 10.1. The second-order valence-electron chi connectivity index (χ2n) is 4.32. The van der Waals surface area contributed by atoms with E-state index in [4.69, 9.17) is 15.9 Å². The SMILES string of the molecule is CCc1ccc(Oc2nccc(C)c2C(=N)N)cc1. The van der Waals surface area contributed by atoms with Crippen LogP contribution in [0.4, 0.5) is 0 Å². The molecule has 1 aromatic heterocycles. The number of aromatic nitrogens is 1. The fraction of sp³-hybridized carbons (Fsp3) is 0.200. The number of nitrogens with one attached hydrogen (secondary N) is 1.